The van der Waals surface area contributed by atoms with Crippen molar-refractivity contribution in [2.24, 2.45) is 0 Å². The van der Waals surface area contributed by atoms with Crippen LogP contribution in [0.3, 0.4) is 0 Å². The van der Waals surface area contributed by atoms with Gasteiger partial charge in [0.05, 0.1) is 12.8 Å². The van der Waals surface area contributed by atoms with E-state index in [1.54, 1.807) is 0 Å². The number of halogens is 1. The van der Waals surface area contributed by atoms with Gasteiger partial charge >= 0.3 is 5.97 Å². The monoisotopic (exact) mass is 300 g/mol. The van der Waals surface area contributed by atoms with Gasteiger partial charge in [0.15, 0.2) is 11.5 Å². The lowest BCUT2D eigenvalue weighted by atomic mass is 10.0. The molecule has 22 heavy (non-hydrogen) atoms. The molecule has 0 atom stereocenters. The first-order valence-electron chi connectivity index (χ1n) is 6.28. The zero-order valence-corrected chi connectivity index (χ0v) is 11.8. The van der Waals surface area contributed by atoms with Crippen molar-refractivity contribution in [1.29, 1.82) is 0 Å². The minimum Gasteiger partial charge on any atom is -0.464 e. The molecule has 0 aliphatic carbocycles. The number of rotatable bonds is 4. The van der Waals surface area contributed by atoms with Crippen molar-refractivity contribution in [3.8, 4) is 11.3 Å². The van der Waals surface area contributed by atoms with Crippen LogP contribution in [0, 0.1) is 5.82 Å². The Morgan fingerprint density at radius 3 is 2.50 bits per heavy atom. The van der Waals surface area contributed by atoms with E-state index in [9.17, 15) is 14.0 Å². The van der Waals surface area contributed by atoms with Crippen molar-refractivity contribution in [2.75, 3.05) is 12.8 Å². The number of esters is 1. The number of ether oxygens (including phenoxy) is 1. The SMILES string of the molecule is C=Cc1c(C(=O)OC)nc(-c2ccc(C=O)cc2)c(F)c1N. The van der Waals surface area contributed by atoms with Gasteiger partial charge in [-0.15, -0.1) is 0 Å². The molecule has 2 rings (SSSR count). The van der Waals surface area contributed by atoms with Crippen LogP contribution in [0.25, 0.3) is 17.3 Å². The number of aromatic nitrogens is 1. The van der Waals surface area contributed by atoms with E-state index >= 15 is 0 Å². The van der Waals surface area contributed by atoms with Crippen molar-refractivity contribution in [3.63, 3.8) is 0 Å². The lowest BCUT2D eigenvalue weighted by molar-refractivity contribution is 0.0594. The van der Waals surface area contributed by atoms with E-state index in [1.807, 2.05) is 0 Å². The van der Waals surface area contributed by atoms with E-state index in [2.05, 4.69) is 16.3 Å². The second-order valence-electron chi connectivity index (χ2n) is 4.39. The number of methoxy groups -OCH3 is 1. The number of hydrogen-bond donors (Lipinski definition) is 1. The highest BCUT2D eigenvalue weighted by Crippen LogP contribution is 2.30. The minimum atomic E-state index is -0.763. The highest BCUT2D eigenvalue weighted by molar-refractivity contribution is 5.95. The number of hydrogen-bond acceptors (Lipinski definition) is 5. The number of anilines is 1. The Bertz CT molecular complexity index is 755. The number of nitrogens with two attached hydrogens (primary N) is 1. The molecule has 6 heteroatoms. The molecule has 2 aromatic rings. The summed E-state index contributed by atoms with van der Waals surface area (Å²) in [6.07, 6.45) is 1.92. The molecular weight excluding hydrogens is 287 g/mol. The average Bonchev–Trinajstić information content (AvgIpc) is 2.56. The van der Waals surface area contributed by atoms with Crippen LogP contribution in [-0.4, -0.2) is 24.3 Å². The summed E-state index contributed by atoms with van der Waals surface area (Å²) in [5.41, 5.74) is 6.18. The van der Waals surface area contributed by atoms with Crippen LogP contribution in [-0.2, 0) is 4.74 Å². The van der Waals surface area contributed by atoms with Crippen molar-refractivity contribution in [1.82, 2.24) is 4.98 Å². The highest BCUT2D eigenvalue weighted by Gasteiger charge is 2.22. The third kappa shape index (κ3) is 2.58. The normalized spacial score (nSPS) is 10.1. The summed E-state index contributed by atoms with van der Waals surface area (Å²) in [6, 6.07) is 6.06. The first kappa shape index (κ1) is 15.4. The van der Waals surface area contributed by atoms with E-state index in [0.717, 1.165) is 0 Å². The van der Waals surface area contributed by atoms with Crippen LogP contribution in [0.1, 0.15) is 26.4 Å². The number of nitrogens with zero attached hydrogens (tertiary/aromatic N) is 1. The molecule has 0 radical (unpaired) electrons. The standard InChI is InChI=1S/C16H13FN2O3/c1-3-11-13(18)12(17)14(19-15(11)16(21)22-2)10-6-4-9(8-20)5-7-10/h3-8H,1H2,2H3,(H2,18,19). The van der Waals surface area contributed by atoms with Gasteiger partial charge in [-0.25, -0.2) is 14.2 Å². The molecule has 0 spiro atoms. The minimum absolute atomic E-state index is 0.0811. The summed E-state index contributed by atoms with van der Waals surface area (Å²) >= 11 is 0. The van der Waals surface area contributed by atoms with Crippen molar-refractivity contribution >= 4 is 24.0 Å². The van der Waals surface area contributed by atoms with Crippen molar-refractivity contribution in [3.05, 3.63) is 53.5 Å². The lowest BCUT2D eigenvalue weighted by Crippen LogP contribution is -2.12. The number of nitrogen functional groups attached to an aromatic ring is 1. The van der Waals surface area contributed by atoms with Gasteiger partial charge in [-0.2, -0.15) is 0 Å². The van der Waals surface area contributed by atoms with Crippen molar-refractivity contribution in [2.45, 2.75) is 0 Å². The number of aldehydes is 1. The van der Waals surface area contributed by atoms with E-state index in [0.29, 0.717) is 17.4 Å². The number of pyridine rings is 1. The zero-order valence-electron chi connectivity index (χ0n) is 11.8. The average molecular weight is 300 g/mol. The summed E-state index contributed by atoms with van der Waals surface area (Å²) in [5, 5.41) is 0. The molecule has 0 bridgehead atoms. The maximum absolute atomic E-state index is 14.4. The van der Waals surface area contributed by atoms with E-state index in [1.165, 1.54) is 37.5 Å². The largest absolute Gasteiger partial charge is 0.464 e. The fraction of sp³-hybridized carbons (Fsp3) is 0.0625. The van der Waals surface area contributed by atoms with Crippen LogP contribution in [0.4, 0.5) is 10.1 Å². The fourth-order valence-electron chi connectivity index (χ4n) is 1.96. The second-order valence-corrected chi connectivity index (χ2v) is 4.39. The molecule has 112 valence electrons. The molecule has 0 unspecified atom stereocenters. The highest BCUT2D eigenvalue weighted by atomic mass is 19.1. The Balaban J connectivity index is 2.69. The summed E-state index contributed by atoms with van der Waals surface area (Å²) in [5.74, 6) is -1.51. The van der Waals surface area contributed by atoms with Gasteiger partial charge in [0, 0.05) is 16.7 Å². The Hall–Kier alpha value is -3.02. The molecule has 0 amide bonds. The molecule has 0 saturated heterocycles. The predicted molar refractivity (Wildman–Crippen MR) is 80.9 cm³/mol. The lowest BCUT2D eigenvalue weighted by Gasteiger charge is -2.12. The molecule has 0 aliphatic rings. The quantitative estimate of drug-likeness (QED) is 0.693. The summed E-state index contributed by atoms with van der Waals surface area (Å²) in [7, 11) is 1.19. The molecular formula is C16H13FN2O3. The second kappa shape index (κ2) is 6.17. The van der Waals surface area contributed by atoms with Gasteiger partial charge in [-0.1, -0.05) is 36.9 Å². The van der Waals surface area contributed by atoms with E-state index in [-0.39, 0.29) is 22.6 Å². The van der Waals surface area contributed by atoms with Gasteiger partial charge < -0.3 is 10.5 Å². The fourth-order valence-corrected chi connectivity index (χ4v) is 1.96. The first-order valence-corrected chi connectivity index (χ1v) is 6.28. The van der Waals surface area contributed by atoms with Crippen LogP contribution in [0.2, 0.25) is 0 Å². The summed E-state index contributed by atoms with van der Waals surface area (Å²) < 4.78 is 19.0. The summed E-state index contributed by atoms with van der Waals surface area (Å²) in [6.45, 7) is 3.50. The molecule has 0 aliphatic heterocycles. The third-order valence-corrected chi connectivity index (χ3v) is 3.12. The van der Waals surface area contributed by atoms with Gasteiger partial charge in [-0.05, 0) is 0 Å². The molecule has 2 N–H and O–H groups in total. The predicted octanol–water partition coefficient (Wildman–Crippen LogP) is 2.71. The molecule has 0 fully saturated rings. The maximum Gasteiger partial charge on any atom is 0.357 e. The van der Waals surface area contributed by atoms with Crippen molar-refractivity contribution < 1.29 is 18.7 Å². The number of benzene rings is 1. The Labute approximate surface area is 126 Å². The van der Waals surface area contributed by atoms with E-state index < -0.39 is 11.8 Å². The Morgan fingerprint density at radius 2 is 2.00 bits per heavy atom. The first-order chi connectivity index (χ1) is 10.5. The van der Waals surface area contributed by atoms with Gasteiger partial charge in [0.2, 0.25) is 0 Å². The smallest absolute Gasteiger partial charge is 0.357 e. The third-order valence-electron chi connectivity index (χ3n) is 3.12. The van der Waals surface area contributed by atoms with Gasteiger partial charge in [0.1, 0.15) is 12.0 Å². The number of carbonyl (C=O) groups is 2. The maximum atomic E-state index is 14.4. The van der Waals surface area contributed by atoms with Crippen LogP contribution in [0.15, 0.2) is 30.8 Å². The van der Waals surface area contributed by atoms with Crippen LogP contribution >= 0.6 is 0 Å². The molecule has 1 heterocycles. The topological polar surface area (TPSA) is 82.3 Å². The van der Waals surface area contributed by atoms with Gasteiger partial charge in [-0.3, -0.25) is 4.79 Å². The molecule has 1 aromatic heterocycles. The summed E-state index contributed by atoms with van der Waals surface area (Å²) in [4.78, 5) is 26.5. The zero-order chi connectivity index (χ0) is 16.3. The van der Waals surface area contributed by atoms with E-state index in [4.69, 9.17) is 5.73 Å². The molecule has 1 aromatic carbocycles. The molecule has 0 saturated carbocycles. The van der Waals surface area contributed by atoms with Crippen LogP contribution < -0.4 is 5.73 Å². The Kier molecular flexibility index (Phi) is 4.31. The molecule has 5 nitrogen and oxygen atoms in total. The Morgan fingerprint density at radius 1 is 1.36 bits per heavy atom. The number of carbonyl (C=O) groups excluding carboxylic acids is 2. The van der Waals surface area contributed by atoms with Gasteiger partial charge in [0.25, 0.3) is 0 Å². The van der Waals surface area contributed by atoms with Crippen LogP contribution in [0.5, 0.6) is 0 Å².